The molecule has 1 rings (SSSR count). The van der Waals surface area contributed by atoms with Gasteiger partial charge in [-0.05, 0) is 18.1 Å². The topological polar surface area (TPSA) is 53.1 Å². The molecule has 0 bridgehead atoms. The van der Waals surface area contributed by atoms with E-state index in [0.29, 0.717) is 19.0 Å². The van der Waals surface area contributed by atoms with Crippen LogP contribution < -0.4 is 5.73 Å². The second kappa shape index (κ2) is 5.52. The van der Waals surface area contributed by atoms with Gasteiger partial charge in [0.05, 0.1) is 18.8 Å². The van der Waals surface area contributed by atoms with Crippen LogP contribution in [-0.2, 0) is 16.4 Å². The van der Waals surface area contributed by atoms with Crippen LogP contribution in [0.3, 0.4) is 0 Å². The smallest absolute Gasteiger partial charge is 0.192 e. The lowest BCUT2D eigenvalue weighted by Crippen LogP contribution is -2.41. The minimum absolute atomic E-state index is 0.0274. The highest BCUT2D eigenvalue weighted by atomic mass is 28.4. The monoisotopic (exact) mass is 297 g/mol. The Kier molecular flexibility index (Phi) is 4.76. The molecule has 0 radical (unpaired) electrons. The molecule has 0 fully saturated rings. The van der Waals surface area contributed by atoms with E-state index in [0.717, 1.165) is 5.69 Å². The minimum Gasteiger partial charge on any atom is -0.415 e. The Morgan fingerprint density at radius 1 is 1.20 bits per heavy atom. The Bertz CT molecular complexity index is 453. The Hall–Kier alpha value is -0.813. The van der Waals surface area contributed by atoms with Crippen LogP contribution in [0.2, 0.25) is 18.1 Å². The van der Waals surface area contributed by atoms with Gasteiger partial charge in [0.15, 0.2) is 8.32 Å². The van der Waals surface area contributed by atoms with Gasteiger partial charge < -0.3 is 10.2 Å². The molecule has 0 spiro atoms. The summed E-state index contributed by atoms with van der Waals surface area (Å²) in [6.07, 6.45) is 0. The fourth-order valence-corrected chi connectivity index (χ4v) is 2.62. The summed E-state index contributed by atoms with van der Waals surface area (Å²) in [7, 11) is -1.69. The molecule has 0 aliphatic rings. The maximum absolute atomic E-state index is 6.17. The second-order valence-electron chi connectivity index (χ2n) is 8.04. The fraction of sp³-hybridized carbons (Fsp3) is 0.800. The number of aromatic nitrogens is 2. The van der Waals surface area contributed by atoms with Crippen LogP contribution in [0.25, 0.3) is 0 Å². The lowest BCUT2D eigenvalue weighted by Gasteiger charge is -2.36. The van der Waals surface area contributed by atoms with E-state index in [4.69, 9.17) is 10.2 Å². The van der Waals surface area contributed by atoms with Crippen LogP contribution in [0.15, 0.2) is 6.07 Å². The number of nitrogen functional groups attached to an aromatic ring is 1. The fourth-order valence-electron chi connectivity index (χ4n) is 1.58. The highest BCUT2D eigenvalue weighted by molar-refractivity contribution is 6.74. The number of hydrogen-bond donors (Lipinski definition) is 1. The van der Waals surface area contributed by atoms with Gasteiger partial charge in [0.1, 0.15) is 5.82 Å². The molecule has 0 atom stereocenters. The number of anilines is 1. The van der Waals surface area contributed by atoms with E-state index in [-0.39, 0.29) is 10.5 Å². The summed E-state index contributed by atoms with van der Waals surface area (Å²) in [5, 5.41) is 4.83. The Morgan fingerprint density at radius 3 is 2.15 bits per heavy atom. The van der Waals surface area contributed by atoms with Crippen molar-refractivity contribution in [2.75, 3.05) is 12.3 Å². The summed E-state index contributed by atoms with van der Waals surface area (Å²) in [5.74, 6) is 0.716. The standard InChI is InChI=1S/C15H31N3OSi/c1-14(2,3)12-11-13(16)18(17-12)9-10-19-20(7,8)15(4,5)6/h11H,9-10,16H2,1-8H3. The first-order valence-corrected chi connectivity index (χ1v) is 10.2. The first-order valence-electron chi connectivity index (χ1n) is 7.32. The van der Waals surface area contributed by atoms with Gasteiger partial charge in [-0.2, -0.15) is 5.10 Å². The summed E-state index contributed by atoms with van der Waals surface area (Å²) in [4.78, 5) is 0. The normalized spacial score (nSPS) is 13.8. The maximum atomic E-state index is 6.17. The van der Waals surface area contributed by atoms with Gasteiger partial charge >= 0.3 is 0 Å². The molecule has 1 aromatic rings. The molecule has 5 heteroatoms. The summed E-state index contributed by atoms with van der Waals surface area (Å²) < 4.78 is 8.03. The maximum Gasteiger partial charge on any atom is 0.192 e. The lowest BCUT2D eigenvalue weighted by molar-refractivity contribution is 0.266. The van der Waals surface area contributed by atoms with Gasteiger partial charge in [0.25, 0.3) is 0 Å². The molecule has 1 heterocycles. The average molecular weight is 298 g/mol. The van der Waals surface area contributed by atoms with E-state index < -0.39 is 8.32 Å². The summed E-state index contributed by atoms with van der Waals surface area (Å²) in [5.41, 5.74) is 7.09. The molecule has 0 aliphatic heterocycles. The molecule has 1 aromatic heterocycles. The third-order valence-electron chi connectivity index (χ3n) is 4.15. The molecule has 20 heavy (non-hydrogen) atoms. The van der Waals surface area contributed by atoms with Crippen molar-refractivity contribution in [2.45, 2.75) is 71.6 Å². The summed E-state index contributed by atoms with van der Waals surface area (Å²) in [6, 6.07) is 1.96. The zero-order valence-electron chi connectivity index (χ0n) is 14.4. The van der Waals surface area contributed by atoms with E-state index in [1.807, 2.05) is 10.7 Å². The molecule has 4 nitrogen and oxygen atoms in total. The lowest BCUT2D eigenvalue weighted by atomic mass is 9.92. The first kappa shape index (κ1) is 17.2. The van der Waals surface area contributed by atoms with Gasteiger partial charge in [0, 0.05) is 11.5 Å². The molecule has 0 saturated heterocycles. The first-order chi connectivity index (χ1) is 8.84. The van der Waals surface area contributed by atoms with Crippen LogP contribution in [0.1, 0.15) is 47.2 Å². The van der Waals surface area contributed by atoms with Crippen molar-refractivity contribution in [3.05, 3.63) is 11.8 Å². The number of rotatable bonds is 4. The SMILES string of the molecule is CC(C)(C)c1cc(N)n(CCO[Si](C)(C)C(C)(C)C)n1. The molecule has 2 N–H and O–H groups in total. The van der Waals surface area contributed by atoms with Gasteiger partial charge in [-0.15, -0.1) is 0 Å². The van der Waals surface area contributed by atoms with Crippen LogP contribution in [-0.4, -0.2) is 24.7 Å². The third-order valence-corrected chi connectivity index (χ3v) is 8.69. The number of nitrogens with two attached hydrogens (primary N) is 1. The Balaban J connectivity index is 2.66. The molecular weight excluding hydrogens is 266 g/mol. The quantitative estimate of drug-likeness (QED) is 0.860. The highest BCUT2D eigenvalue weighted by Gasteiger charge is 2.36. The zero-order chi connectivity index (χ0) is 15.8. The Labute approximate surface area is 124 Å². The Morgan fingerprint density at radius 2 is 1.75 bits per heavy atom. The van der Waals surface area contributed by atoms with E-state index >= 15 is 0 Å². The van der Waals surface area contributed by atoms with E-state index in [1.165, 1.54) is 0 Å². The van der Waals surface area contributed by atoms with Crippen LogP contribution in [0.5, 0.6) is 0 Å². The third kappa shape index (κ3) is 4.09. The van der Waals surface area contributed by atoms with Crippen molar-refractivity contribution >= 4 is 14.1 Å². The van der Waals surface area contributed by atoms with Crippen molar-refractivity contribution < 1.29 is 4.43 Å². The number of hydrogen-bond acceptors (Lipinski definition) is 3. The molecule has 0 aromatic carbocycles. The van der Waals surface area contributed by atoms with Crippen molar-refractivity contribution in [3.63, 3.8) is 0 Å². The second-order valence-corrected chi connectivity index (χ2v) is 12.8. The number of nitrogens with zero attached hydrogens (tertiary/aromatic N) is 2. The molecule has 116 valence electrons. The molecule has 0 unspecified atom stereocenters. The van der Waals surface area contributed by atoms with Crippen LogP contribution >= 0.6 is 0 Å². The summed E-state index contributed by atoms with van der Waals surface area (Å²) in [6.45, 7) is 19.1. The van der Waals surface area contributed by atoms with Crippen molar-refractivity contribution in [2.24, 2.45) is 0 Å². The van der Waals surface area contributed by atoms with E-state index in [1.54, 1.807) is 0 Å². The van der Waals surface area contributed by atoms with E-state index in [9.17, 15) is 0 Å². The van der Waals surface area contributed by atoms with Crippen LogP contribution in [0.4, 0.5) is 5.82 Å². The van der Waals surface area contributed by atoms with Gasteiger partial charge in [-0.1, -0.05) is 41.5 Å². The molecular formula is C15H31N3OSi. The van der Waals surface area contributed by atoms with Crippen molar-refractivity contribution in [1.82, 2.24) is 9.78 Å². The van der Waals surface area contributed by atoms with Crippen molar-refractivity contribution in [3.8, 4) is 0 Å². The van der Waals surface area contributed by atoms with E-state index in [2.05, 4.69) is 59.7 Å². The predicted octanol–water partition coefficient (Wildman–Crippen LogP) is 3.78. The van der Waals surface area contributed by atoms with Crippen molar-refractivity contribution in [1.29, 1.82) is 0 Å². The average Bonchev–Trinajstić information content (AvgIpc) is 2.58. The van der Waals surface area contributed by atoms with Crippen LogP contribution in [0, 0.1) is 0 Å². The molecule has 0 saturated carbocycles. The largest absolute Gasteiger partial charge is 0.415 e. The van der Waals surface area contributed by atoms with Gasteiger partial charge in [-0.25, -0.2) is 4.68 Å². The predicted molar refractivity (Wildman–Crippen MR) is 88.5 cm³/mol. The molecule has 0 aliphatic carbocycles. The minimum atomic E-state index is -1.69. The summed E-state index contributed by atoms with van der Waals surface area (Å²) >= 11 is 0. The highest BCUT2D eigenvalue weighted by Crippen LogP contribution is 2.36. The molecule has 0 amide bonds. The van der Waals surface area contributed by atoms with Gasteiger partial charge in [0.2, 0.25) is 0 Å². The zero-order valence-corrected chi connectivity index (χ0v) is 15.4. The van der Waals surface area contributed by atoms with Gasteiger partial charge in [-0.3, -0.25) is 0 Å².